The van der Waals surface area contributed by atoms with E-state index in [0.717, 1.165) is 12.1 Å². The molecule has 0 heterocycles. The van der Waals surface area contributed by atoms with Gasteiger partial charge >= 0.3 is 0 Å². The lowest BCUT2D eigenvalue weighted by Crippen LogP contribution is -2.40. The Hall–Kier alpha value is -1.16. The van der Waals surface area contributed by atoms with E-state index in [2.05, 4.69) is 25.7 Å². The summed E-state index contributed by atoms with van der Waals surface area (Å²) in [6.45, 7) is 6.34. The van der Waals surface area contributed by atoms with E-state index < -0.39 is 0 Å². The summed E-state index contributed by atoms with van der Waals surface area (Å²) < 4.78 is 13.8. The van der Waals surface area contributed by atoms with Crippen LogP contribution in [0.4, 0.5) is 10.1 Å². The van der Waals surface area contributed by atoms with Crippen molar-refractivity contribution in [3.05, 3.63) is 29.6 Å². The molecule has 0 spiro atoms. The SMILES string of the molecule is CCC(C)(C)N(C)c1ccc(C(N)=S)c(F)c1. The van der Waals surface area contributed by atoms with Crippen LogP contribution in [-0.2, 0) is 0 Å². The number of hydrogen-bond donors (Lipinski definition) is 1. The Morgan fingerprint density at radius 3 is 2.47 bits per heavy atom. The summed E-state index contributed by atoms with van der Waals surface area (Å²) in [5.41, 5.74) is 6.54. The molecule has 0 unspecified atom stereocenters. The second kappa shape index (κ2) is 5.00. The Balaban J connectivity index is 3.10. The zero-order valence-corrected chi connectivity index (χ0v) is 11.6. The summed E-state index contributed by atoms with van der Waals surface area (Å²) in [7, 11) is 1.96. The number of rotatable bonds is 4. The topological polar surface area (TPSA) is 29.3 Å². The third kappa shape index (κ3) is 2.94. The number of benzene rings is 1. The van der Waals surface area contributed by atoms with E-state index in [1.807, 2.05) is 13.1 Å². The fourth-order valence-corrected chi connectivity index (χ4v) is 1.66. The number of thiocarbonyl (C=S) groups is 1. The van der Waals surface area contributed by atoms with Crippen molar-refractivity contribution in [2.45, 2.75) is 32.7 Å². The van der Waals surface area contributed by atoms with Crippen LogP contribution < -0.4 is 10.6 Å². The lowest BCUT2D eigenvalue weighted by atomic mass is 9.99. The summed E-state index contributed by atoms with van der Waals surface area (Å²) in [5.74, 6) is -0.367. The van der Waals surface area contributed by atoms with Gasteiger partial charge in [0.1, 0.15) is 10.8 Å². The summed E-state index contributed by atoms with van der Waals surface area (Å²) in [6, 6.07) is 4.95. The van der Waals surface area contributed by atoms with Gasteiger partial charge in [-0.3, -0.25) is 0 Å². The van der Waals surface area contributed by atoms with Crippen LogP contribution in [0.2, 0.25) is 0 Å². The zero-order chi connectivity index (χ0) is 13.2. The van der Waals surface area contributed by atoms with Gasteiger partial charge in [-0.25, -0.2) is 4.39 Å². The first-order valence-electron chi connectivity index (χ1n) is 5.62. The van der Waals surface area contributed by atoms with E-state index in [4.69, 9.17) is 18.0 Å². The molecule has 0 fully saturated rings. The number of anilines is 1. The molecule has 1 rings (SSSR count). The number of nitrogens with two attached hydrogens (primary N) is 1. The molecule has 0 aliphatic carbocycles. The molecule has 0 atom stereocenters. The highest BCUT2D eigenvalue weighted by atomic mass is 32.1. The monoisotopic (exact) mass is 254 g/mol. The molecule has 0 amide bonds. The molecule has 0 saturated carbocycles. The number of halogens is 1. The van der Waals surface area contributed by atoms with Gasteiger partial charge < -0.3 is 10.6 Å². The molecule has 94 valence electrons. The van der Waals surface area contributed by atoms with Crippen molar-refractivity contribution in [3.8, 4) is 0 Å². The minimum absolute atomic E-state index is 0.0167. The van der Waals surface area contributed by atoms with Crippen molar-refractivity contribution in [1.29, 1.82) is 0 Å². The molecule has 0 aliphatic rings. The summed E-state index contributed by atoms with van der Waals surface area (Å²) in [6.07, 6.45) is 0.974. The van der Waals surface area contributed by atoms with Crippen LogP contribution in [0.5, 0.6) is 0 Å². The Labute approximate surface area is 108 Å². The van der Waals surface area contributed by atoms with Gasteiger partial charge in [-0.2, -0.15) is 0 Å². The van der Waals surface area contributed by atoms with E-state index in [1.54, 1.807) is 6.07 Å². The average Bonchev–Trinajstić information content (AvgIpc) is 2.27. The Kier molecular flexibility index (Phi) is 4.09. The van der Waals surface area contributed by atoms with Crippen molar-refractivity contribution < 1.29 is 4.39 Å². The smallest absolute Gasteiger partial charge is 0.135 e. The van der Waals surface area contributed by atoms with Crippen molar-refractivity contribution in [1.82, 2.24) is 0 Å². The first-order valence-corrected chi connectivity index (χ1v) is 6.03. The molecule has 17 heavy (non-hydrogen) atoms. The molecule has 1 aromatic carbocycles. The highest BCUT2D eigenvalue weighted by Crippen LogP contribution is 2.26. The van der Waals surface area contributed by atoms with Gasteiger partial charge in [0, 0.05) is 23.8 Å². The van der Waals surface area contributed by atoms with E-state index in [-0.39, 0.29) is 16.3 Å². The molecule has 0 saturated heterocycles. The van der Waals surface area contributed by atoms with Gasteiger partial charge in [0.15, 0.2) is 0 Å². The van der Waals surface area contributed by atoms with E-state index in [1.165, 1.54) is 6.07 Å². The number of nitrogens with zero attached hydrogens (tertiary/aromatic N) is 1. The fourth-order valence-electron chi connectivity index (χ4n) is 1.50. The lowest BCUT2D eigenvalue weighted by molar-refractivity contribution is 0.470. The third-order valence-corrected chi connectivity index (χ3v) is 3.60. The molecule has 0 aromatic heterocycles. The molecular formula is C13H19FN2S. The molecule has 0 bridgehead atoms. The molecule has 2 nitrogen and oxygen atoms in total. The molecule has 4 heteroatoms. The van der Waals surface area contributed by atoms with E-state index in [0.29, 0.717) is 5.56 Å². The Bertz CT molecular complexity index is 429. The maximum absolute atomic E-state index is 13.8. The van der Waals surface area contributed by atoms with Gasteiger partial charge in [-0.1, -0.05) is 19.1 Å². The largest absolute Gasteiger partial charge is 0.389 e. The second-order valence-corrected chi connectivity index (χ2v) is 5.19. The van der Waals surface area contributed by atoms with Gasteiger partial charge in [-0.05, 0) is 38.5 Å². The zero-order valence-electron chi connectivity index (χ0n) is 10.7. The Morgan fingerprint density at radius 1 is 1.47 bits per heavy atom. The minimum Gasteiger partial charge on any atom is -0.389 e. The van der Waals surface area contributed by atoms with Crippen molar-refractivity contribution in [2.75, 3.05) is 11.9 Å². The molecule has 2 N–H and O–H groups in total. The van der Waals surface area contributed by atoms with Crippen molar-refractivity contribution in [3.63, 3.8) is 0 Å². The quantitative estimate of drug-likeness (QED) is 0.837. The van der Waals surface area contributed by atoms with Crippen LogP contribution in [-0.4, -0.2) is 17.6 Å². The van der Waals surface area contributed by atoms with E-state index in [9.17, 15) is 4.39 Å². The van der Waals surface area contributed by atoms with Crippen LogP contribution in [0.15, 0.2) is 18.2 Å². The van der Waals surface area contributed by atoms with Gasteiger partial charge in [0.25, 0.3) is 0 Å². The lowest BCUT2D eigenvalue weighted by Gasteiger charge is -2.36. The maximum Gasteiger partial charge on any atom is 0.135 e. The standard InChI is InChI=1S/C13H19FN2S/c1-5-13(2,3)16(4)9-6-7-10(12(15)17)11(14)8-9/h6-8H,5H2,1-4H3,(H2,15,17). The molecule has 0 aliphatic heterocycles. The van der Waals surface area contributed by atoms with Crippen LogP contribution in [0, 0.1) is 5.82 Å². The first kappa shape index (κ1) is 13.9. The average molecular weight is 254 g/mol. The van der Waals surface area contributed by atoms with Crippen LogP contribution in [0.1, 0.15) is 32.8 Å². The third-order valence-electron chi connectivity index (χ3n) is 3.38. The highest BCUT2D eigenvalue weighted by molar-refractivity contribution is 7.80. The summed E-state index contributed by atoms with van der Waals surface area (Å²) >= 11 is 4.78. The normalized spacial score (nSPS) is 11.4. The molecular weight excluding hydrogens is 235 g/mol. The first-order chi connectivity index (χ1) is 7.79. The second-order valence-electron chi connectivity index (χ2n) is 4.75. The van der Waals surface area contributed by atoms with Crippen molar-refractivity contribution >= 4 is 22.9 Å². The van der Waals surface area contributed by atoms with Gasteiger partial charge in [0.05, 0.1) is 0 Å². The molecule has 0 radical (unpaired) electrons. The van der Waals surface area contributed by atoms with Gasteiger partial charge in [-0.15, -0.1) is 0 Å². The summed E-state index contributed by atoms with van der Waals surface area (Å²) in [4.78, 5) is 2.14. The van der Waals surface area contributed by atoms with Gasteiger partial charge in [0.2, 0.25) is 0 Å². The van der Waals surface area contributed by atoms with Crippen LogP contribution in [0.3, 0.4) is 0 Å². The fraction of sp³-hybridized carbons (Fsp3) is 0.462. The predicted molar refractivity (Wildman–Crippen MR) is 75.1 cm³/mol. The van der Waals surface area contributed by atoms with E-state index >= 15 is 0 Å². The minimum atomic E-state index is -0.367. The Morgan fingerprint density at radius 2 is 2.06 bits per heavy atom. The molecule has 1 aromatic rings. The summed E-state index contributed by atoms with van der Waals surface area (Å²) in [5, 5.41) is 0. The van der Waals surface area contributed by atoms with Crippen molar-refractivity contribution in [2.24, 2.45) is 5.73 Å². The van der Waals surface area contributed by atoms with Crippen LogP contribution in [0.25, 0.3) is 0 Å². The number of hydrogen-bond acceptors (Lipinski definition) is 2. The maximum atomic E-state index is 13.8. The highest BCUT2D eigenvalue weighted by Gasteiger charge is 2.22. The predicted octanol–water partition coefficient (Wildman–Crippen LogP) is 3.08. The van der Waals surface area contributed by atoms with Crippen LogP contribution >= 0.6 is 12.2 Å².